The number of hydrogen-bond donors (Lipinski definition) is 2. The van der Waals surface area contributed by atoms with E-state index < -0.39 is 0 Å². The second kappa shape index (κ2) is 9.28. The van der Waals surface area contributed by atoms with Gasteiger partial charge in [-0.1, -0.05) is 19.3 Å². The van der Waals surface area contributed by atoms with E-state index in [9.17, 15) is 0 Å². The Hall–Kier alpha value is -0.770. The van der Waals surface area contributed by atoms with Gasteiger partial charge in [0.25, 0.3) is 0 Å². The van der Waals surface area contributed by atoms with Gasteiger partial charge in [0.05, 0.1) is 0 Å². The van der Waals surface area contributed by atoms with Gasteiger partial charge in [-0.15, -0.1) is 0 Å². The van der Waals surface area contributed by atoms with Crippen LogP contribution in [0.25, 0.3) is 0 Å². The predicted octanol–water partition coefficient (Wildman–Crippen LogP) is 1.91. The van der Waals surface area contributed by atoms with Crippen molar-refractivity contribution >= 4 is 5.96 Å². The van der Waals surface area contributed by atoms with Crippen LogP contribution in [0.5, 0.6) is 0 Å². The number of hydrogen-bond acceptors (Lipinski definition) is 2. The minimum absolute atomic E-state index is 0.615. The predicted molar refractivity (Wildman–Crippen MR) is 72.5 cm³/mol. The molecule has 0 saturated heterocycles. The molecule has 0 aromatic carbocycles. The van der Waals surface area contributed by atoms with Gasteiger partial charge in [-0.05, 0) is 26.2 Å². The first-order chi connectivity index (χ1) is 8.36. The quantitative estimate of drug-likeness (QED) is 0.424. The summed E-state index contributed by atoms with van der Waals surface area (Å²) in [4.78, 5) is 4.56. The fourth-order valence-electron chi connectivity index (χ4n) is 2.16. The van der Waals surface area contributed by atoms with Crippen LogP contribution >= 0.6 is 0 Å². The Morgan fingerprint density at radius 1 is 1.29 bits per heavy atom. The summed E-state index contributed by atoms with van der Waals surface area (Å²) in [6.45, 7) is 4.64. The minimum atomic E-state index is 0.615. The summed E-state index contributed by atoms with van der Waals surface area (Å²) in [6.07, 6.45) is 7.63. The van der Waals surface area contributed by atoms with E-state index in [2.05, 4.69) is 22.5 Å². The molecule has 0 bridgehead atoms. The SMILES string of the molecule is CCNC(=NCCCOC)NC1CCCCC1. The van der Waals surface area contributed by atoms with Crippen molar-refractivity contribution in [2.24, 2.45) is 4.99 Å². The summed E-state index contributed by atoms with van der Waals surface area (Å²) in [6, 6.07) is 0.615. The number of nitrogens with one attached hydrogen (secondary N) is 2. The maximum atomic E-state index is 5.02. The fraction of sp³-hybridized carbons (Fsp3) is 0.923. The number of rotatable bonds is 6. The smallest absolute Gasteiger partial charge is 0.191 e. The lowest BCUT2D eigenvalue weighted by Crippen LogP contribution is -2.44. The first kappa shape index (κ1) is 14.3. The molecule has 1 aliphatic rings. The maximum absolute atomic E-state index is 5.02. The van der Waals surface area contributed by atoms with Crippen LogP contribution in [0, 0.1) is 0 Å². The van der Waals surface area contributed by atoms with Crippen LogP contribution in [0.4, 0.5) is 0 Å². The molecular weight excluding hydrogens is 214 g/mol. The Morgan fingerprint density at radius 2 is 2.06 bits per heavy atom. The second-order valence-corrected chi connectivity index (χ2v) is 4.59. The third-order valence-electron chi connectivity index (χ3n) is 3.07. The van der Waals surface area contributed by atoms with Crippen molar-refractivity contribution in [1.29, 1.82) is 0 Å². The molecule has 1 rings (SSSR count). The molecule has 2 N–H and O–H groups in total. The number of guanidine groups is 1. The van der Waals surface area contributed by atoms with E-state index in [0.29, 0.717) is 6.04 Å². The van der Waals surface area contributed by atoms with Crippen molar-refractivity contribution in [3.63, 3.8) is 0 Å². The van der Waals surface area contributed by atoms with Crippen molar-refractivity contribution in [2.45, 2.75) is 51.5 Å². The van der Waals surface area contributed by atoms with Crippen molar-refractivity contribution < 1.29 is 4.74 Å². The molecule has 0 heterocycles. The zero-order valence-electron chi connectivity index (χ0n) is 11.3. The van der Waals surface area contributed by atoms with Crippen LogP contribution in [0.15, 0.2) is 4.99 Å². The van der Waals surface area contributed by atoms with Crippen LogP contribution in [0.1, 0.15) is 45.4 Å². The Bertz CT molecular complexity index is 213. The topological polar surface area (TPSA) is 45.7 Å². The van der Waals surface area contributed by atoms with E-state index in [0.717, 1.165) is 32.1 Å². The lowest BCUT2D eigenvalue weighted by molar-refractivity contribution is 0.197. The Balaban J connectivity index is 2.29. The van der Waals surface area contributed by atoms with E-state index in [4.69, 9.17) is 4.74 Å². The Labute approximate surface area is 105 Å². The minimum Gasteiger partial charge on any atom is -0.385 e. The van der Waals surface area contributed by atoms with E-state index in [1.165, 1.54) is 32.1 Å². The van der Waals surface area contributed by atoms with Crippen molar-refractivity contribution in [2.75, 3.05) is 26.8 Å². The lowest BCUT2D eigenvalue weighted by Gasteiger charge is -2.24. The molecular formula is C13H27N3O. The molecule has 0 aromatic rings. The van der Waals surface area contributed by atoms with Crippen molar-refractivity contribution in [1.82, 2.24) is 10.6 Å². The molecule has 0 unspecified atom stereocenters. The molecule has 0 amide bonds. The highest BCUT2D eigenvalue weighted by atomic mass is 16.5. The highest BCUT2D eigenvalue weighted by Gasteiger charge is 2.13. The molecule has 1 aliphatic carbocycles. The van der Waals surface area contributed by atoms with Gasteiger partial charge >= 0.3 is 0 Å². The largest absolute Gasteiger partial charge is 0.385 e. The molecule has 1 saturated carbocycles. The Morgan fingerprint density at radius 3 is 2.71 bits per heavy atom. The summed E-state index contributed by atoms with van der Waals surface area (Å²) in [5.74, 6) is 0.968. The van der Waals surface area contributed by atoms with Crippen LogP contribution in [0.2, 0.25) is 0 Å². The zero-order valence-corrected chi connectivity index (χ0v) is 11.3. The van der Waals surface area contributed by atoms with E-state index >= 15 is 0 Å². The monoisotopic (exact) mass is 241 g/mol. The average molecular weight is 241 g/mol. The van der Waals surface area contributed by atoms with Crippen molar-refractivity contribution in [3.05, 3.63) is 0 Å². The van der Waals surface area contributed by atoms with Gasteiger partial charge in [-0.25, -0.2) is 0 Å². The first-order valence-electron chi connectivity index (χ1n) is 6.90. The molecule has 0 atom stereocenters. The van der Waals surface area contributed by atoms with Gasteiger partial charge < -0.3 is 15.4 Å². The molecule has 0 aliphatic heterocycles. The summed E-state index contributed by atoms with van der Waals surface area (Å²) >= 11 is 0. The molecule has 0 radical (unpaired) electrons. The van der Waals surface area contributed by atoms with E-state index in [1.54, 1.807) is 7.11 Å². The molecule has 0 spiro atoms. The number of methoxy groups -OCH3 is 1. The Kier molecular flexibility index (Phi) is 7.80. The van der Waals surface area contributed by atoms with E-state index in [1.807, 2.05) is 0 Å². The van der Waals surface area contributed by atoms with Gasteiger partial charge in [-0.3, -0.25) is 4.99 Å². The summed E-state index contributed by atoms with van der Waals surface area (Å²) in [5, 5.41) is 6.84. The fourth-order valence-corrected chi connectivity index (χ4v) is 2.16. The third kappa shape index (κ3) is 6.51. The van der Waals surface area contributed by atoms with Crippen LogP contribution in [0.3, 0.4) is 0 Å². The molecule has 4 heteroatoms. The van der Waals surface area contributed by atoms with Gasteiger partial charge in [0.15, 0.2) is 5.96 Å². The van der Waals surface area contributed by atoms with Crippen LogP contribution in [-0.4, -0.2) is 38.8 Å². The molecule has 100 valence electrons. The van der Waals surface area contributed by atoms with Gasteiger partial charge in [0, 0.05) is 32.8 Å². The van der Waals surface area contributed by atoms with Gasteiger partial charge in [-0.2, -0.15) is 0 Å². The van der Waals surface area contributed by atoms with E-state index in [-0.39, 0.29) is 0 Å². The van der Waals surface area contributed by atoms with Gasteiger partial charge in [0.1, 0.15) is 0 Å². The summed E-state index contributed by atoms with van der Waals surface area (Å²) in [5.41, 5.74) is 0. The molecule has 1 fully saturated rings. The number of nitrogens with zero attached hydrogens (tertiary/aromatic N) is 1. The normalized spacial score (nSPS) is 18.1. The molecule has 17 heavy (non-hydrogen) atoms. The standard InChI is InChI=1S/C13H27N3O/c1-3-14-13(15-10-7-11-17-2)16-12-8-5-4-6-9-12/h12H,3-11H2,1-2H3,(H2,14,15,16). The summed E-state index contributed by atoms with van der Waals surface area (Å²) in [7, 11) is 1.73. The van der Waals surface area contributed by atoms with Gasteiger partial charge in [0.2, 0.25) is 0 Å². The highest BCUT2D eigenvalue weighted by molar-refractivity contribution is 5.80. The highest BCUT2D eigenvalue weighted by Crippen LogP contribution is 2.17. The molecule has 0 aromatic heterocycles. The van der Waals surface area contributed by atoms with Crippen LogP contribution in [-0.2, 0) is 4.74 Å². The van der Waals surface area contributed by atoms with Crippen LogP contribution < -0.4 is 10.6 Å². The summed E-state index contributed by atoms with van der Waals surface area (Å²) < 4.78 is 5.02. The zero-order chi connectivity index (χ0) is 12.3. The maximum Gasteiger partial charge on any atom is 0.191 e. The number of ether oxygens (including phenoxy) is 1. The second-order valence-electron chi connectivity index (χ2n) is 4.59. The molecule has 4 nitrogen and oxygen atoms in total. The van der Waals surface area contributed by atoms with Crippen molar-refractivity contribution in [3.8, 4) is 0 Å². The third-order valence-corrected chi connectivity index (χ3v) is 3.07. The number of aliphatic imine (C=N–C) groups is 1. The average Bonchev–Trinajstić information content (AvgIpc) is 2.36. The lowest BCUT2D eigenvalue weighted by atomic mass is 9.96. The first-order valence-corrected chi connectivity index (χ1v) is 6.90.